The molecule has 2 atom stereocenters. The van der Waals surface area contributed by atoms with E-state index in [2.05, 4.69) is 43.0 Å². The zero-order chi connectivity index (χ0) is 11.5. The summed E-state index contributed by atoms with van der Waals surface area (Å²) in [6, 6.07) is 9.32. The van der Waals surface area contributed by atoms with Crippen LogP contribution in [0.25, 0.3) is 0 Å². The number of rotatable bonds is 2. The van der Waals surface area contributed by atoms with E-state index in [1.807, 2.05) is 0 Å². The van der Waals surface area contributed by atoms with E-state index in [0.29, 0.717) is 12.0 Å². The predicted molar refractivity (Wildman–Crippen MR) is 69.8 cm³/mol. The molecule has 0 saturated carbocycles. The topological polar surface area (TPSA) is 29.3 Å². The molecule has 2 heteroatoms. The third-order valence-electron chi connectivity index (χ3n) is 3.68. The van der Waals surface area contributed by atoms with E-state index in [1.54, 1.807) is 0 Å². The van der Waals surface area contributed by atoms with Crippen molar-refractivity contribution in [3.8, 4) is 0 Å². The third-order valence-corrected chi connectivity index (χ3v) is 3.68. The van der Waals surface area contributed by atoms with E-state index >= 15 is 0 Å². The molecule has 1 aromatic carbocycles. The van der Waals surface area contributed by atoms with E-state index < -0.39 is 0 Å². The summed E-state index contributed by atoms with van der Waals surface area (Å²) in [5.74, 6) is 0.597. The molecule has 1 fully saturated rings. The maximum absolute atomic E-state index is 6.04. The Labute approximate surface area is 98.4 Å². The van der Waals surface area contributed by atoms with Crippen molar-refractivity contribution in [3.63, 3.8) is 0 Å². The van der Waals surface area contributed by atoms with E-state index in [-0.39, 0.29) is 0 Å². The van der Waals surface area contributed by atoms with Crippen molar-refractivity contribution in [2.24, 2.45) is 11.7 Å². The van der Waals surface area contributed by atoms with E-state index in [9.17, 15) is 0 Å². The molecule has 2 rings (SSSR count). The highest BCUT2D eigenvalue weighted by atomic mass is 15.1. The summed E-state index contributed by atoms with van der Waals surface area (Å²) in [6.45, 7) is 6.62. The quantitative estimate of drug-likeness (QED) is 0.826. The van der Waals surface area contributed by atoms with Crippen LogP contribution in [-0.2, 0) is 6.42 Å². The number of hydrogen-bond acceptors (Lipinski definition) is 2. The fourth-order valence-electron chi connectivity index (χ4n) is 2.34. The summed E-state index contributed by atoms with van der Waals surface area (Å²) >= 11 is 0. The first-order valence-corrected chi connectivity index (χ1v) is 6.30. The van der Waals surface area contributed by atoms with Crippen LogP contribution in [0, 0.1) is 5.92 Å². The summed E-state index contributed by atoms with van der Waals surface area (Å²) in [4.78, 5) is 2.45. The first-order valence-electron chi connectivity index (χ1n) is 6.30. The van der Waals surface area contributed by atoms with Crippen molar-refractivity contribution in [2.45, 2.75) is 32.7 Å². The summed E-state index contributed by atoms with van der Waals surface area (Å²) in [5.41, 5.74) is 8.79. The smallest absolute Gasteiger partial charge is 0.0366 e. The molecule has 1 saturated heterocycles. The van der Waals surface area contributed by atoms with Gasteiger partial charge in [-0.15, -0.1) is 0 Å². The second kappa shape index (κ2) is 4.88. The number of hydrogen-bond donors (Lipinski definition) is 1. The number of benzene rings is 1. The molecule has 0 spiro atoms. The van der Waals surface area contributed by atoms with Crippen molar-refractivity contribution in [3.05, 3.63) is 29.8 Å². The average molecular weight is 218 g/mol. The zero-order valence-corrected chi connectivity index (χ0v) is 10.3. The molecule has 1 aromatic rings. The normalized spacial score (nSPS) is 25.8. The van der Waals surface area contributed by atoms with E-state index in [4.69, 9.17) is 5.73 Å². The average Bonchev–Trinajstić information content (AvgIpc) is 2.33. The van der Waals surface area contributed by atoms with Crippen LogP contribution >= 0.6 is 0 Å². The van der Waals surface area contributed by atoms with Crippen LogP contribution in [0.2, 0.25) is 0 Å². The van der Waals surface area contributed by atoms with Gasteiger partial charge in [-0.1, -0.05) is 26.0 Å². The highest BCUT2D eigenvalue weighted by Gasteiger charge is 2.22. The van der Waals surface area contributed by atoms with Gasteiger partial charge in [0.15, 0.2) is 0 Å². The van der Waals surface area contributed by atoms with Gasteiger partial charge < -0.3 is 10.6 Å². The lowest BCUT2D eigenvalue weighted by Crippen LogP contribution is -2.45. The Bertz CT molecular complexity index is 331. The second-order valence-electron chi connectivity index (χ2n) is 4.90. The lowest BCUT2D eigenvalue weighted by atomic mass is 9.94. The van der Waals surface area contributed by atoms with E-state index in [0.717, 1.165) is 25.9 Å². The molecule has 0 radical (unpaired) electrons. The first-order chi connectivity index (χ1) is 7.70. The molecule has 0 aromatic heterocycles. The fourth-order valence-corrected chi connectivity index (χ4v) is 2.34. The van der Waals surface area contributed by atoms with Gasteiger partial charge in [0.25, 0.3) is 0 Å². The monoisotopic (exact) mass is 218 g/mol. The molecule has 2 unspecified atom stereocenters. The van der Waals surface area contributed by atoms with Crippen molar-refractivity contribution >= 4 is 5.69 Å². The summed E-state index contributed by atoms with van der Waals surface area (Å²) in [6.07, 6.45) is 2.22. The minimum Gasteiger partial charge on any atom is -0.371 e. The van der Waals surface area contributed by atoms with Crippen LogP contribution in [-0.4, -0.2) is 19.1 Å². The third kappa shape index (κ3) is 2.38. The Balaban J connectivity index is 2.06. The molecular weight excluding hydrogens is 196 g/mol. The molecular formula is C14H22N2. The van der Waals surface area contributed by atoms with Gasteiger partial charge in [-0.3, -0.25) is 0 Å². The van der Waals surface area contributed by atoms with Gasteiger partial charge in [0.2, 0.25) is 0 Å². The van der Waals surface area contributed by atoms with Gasteiger partial charge in [0.1, 0.15) is 0 Å². The second-order valence-corrected chi connectivity index (χ2v) is 4.90. The standard InChI is InChI=1S/C14H22N2/c1-3-12-4-6-13(7-5-12)16-9-8-14(15)11(2)10-16/h4-7,11,14H,3,8-10,15H2,1-2H3. The molecule has 1 aliphatic rings. The molecule has 16 heavy (non-hydrogen) atoms. The minimum atomic E-state index is 0.381. The fraction of sp³-hybridized carbons (Fsp3) is 0.571. The van der Waals surface area contributed by atoms with E-state index in [1.165, 1.54) is 11.3 Å². The molecule has 88 valence electrons. The Morgan fingerprint density at radius 3 is 2.56 bits per heavy atom. The van der Waals surface area contributed by atoms with Gasteiger partial charge >= 0.3 is 0 Å². The lowest BCUT2D eigenvalue weighted by molar-refractivity contribution is 0.383. The van der Waals surface area contributed by atoms with Gasteiger partial charge in [0, 0.05) is 24.8 Å². The number of nitrogens with two attached hydrogens (primary N) is 1. The van der Waals surface area contributed by atoms with Crippen molar-refractivity contribution in [1.82, 2.24) is 0 Å². The van der Waals surface area contributed by atoms with Gasteiger partial charge in [0.05, 0.1) is 0 Å². The predicted octanol–water partition coefficient (Wildman–Crippen LogP) is 2.42. The SMILES string of the molecule is CCc1ccc(N2CCC(N)C(C)C2)cc1. The largest absolute Gasteiger partial charge is 0.371 e. The van der Waals surface area contributed by atoms with Crippen LogP contribution in [0.5, 0.6) is 0 Å². The van der Waals surface area contributed by atoms with Gasteiger partial charge in [-0.05, 0) is 36.5 Å². The van der Waals surface area contributed by atoms with Crippen molar-refractivity contribution in [1.29, 1.82) is 0 Å². The highest BCUT2D eigenvalue weighted by molar-refractivity contribution is 5.48. The molecule has 2 nitrogen and oxygen atoms in total. The summed E-state index contributed by atoms with van der Waals surface area (Å²) in [7, 11) is 0. The van der Waals surface area contributed by atoms with Crippen LogP contribution < -0.4 is 10.6 Å². The number of piperidine rings is 1. The lowest BCUT2D eigenvalue weighted by Gasteiger charge is -2.36. The van der Waals surface area contributed by atoms with Gasteiger partial charge in [-0.25, -0.2) is 0 Å². The highest BCUT2D eigenvalue weighted by Crippen LogP contribution is 2.22. The Morgan fingerprint density at radius 1 is 1.31 bits per heavy atom. The van der Waals surface area contributed by atoms with Crippen molar-refractivity contribution in [2.75, 3.05) is 18.0 Å². The minimum absolute atomic E-state index is 0.381. The number of anilines is 1. The Kier molecular flexibility index (Phi) is 3.49. The van der Waals surface area contributed by atoms with Crippen LogP contribution in [0.4, 0.5) is 5.69 Å². The Morgan fingerprint density at radius 2 is 2.00 bits per heavy atom. The zero-order valence-electron chi connectivity index (χ0n) is 10.3. The van der Waals surface area contributed by atoms with Crippen LogP contribution in [0.15, 0.2) is 24.3 Å². The molecule has 1 aliphatic heterocycles. The maximum atomic E-state index is 6.04. The Hall–Kier alpha value is -1.02. The van der Waals surface area contributed by atoms with Gasteiger partial charge in [-0.2, -0.15) is 0 Å². The molecule has 1 heterocycles. The van der Waals surface area contributed by atoms with Crippen LogP contribution in [0.3, 0.4) is 0 Å². The molecule has 0 bridgehead atoms. The first kappa shape index (κ1) is 11.5. The molecule has 2 N–H and O–H groups in total. The number of aryl methyl sites for hydroxylation is 1. The molecule has 0 aliphatic carbocycles. The summed E-state index contributed by atoms with van der Waals surface area (Å²) in [5, 5.41) is 0. The summed E-state index contributed by atoms with van der Waals surface area (Å²) < 4.78 is 0. The molecule has 0 amide bonds. The number of nitrogens with zero attached hydrogens (tertiary/aromatic N) is 1. The van der Waals surface area contributed by atoms with Crippen LogP contribution in [0.1, 0.15) is 25.8 Å². The van der Waals surface area contributed by atoms with Crippen molar-refractivity contribution < 1.29 is 0 Å². The maximum Gasteiger partial charge on any atom is 0.0366 e.